The molecule has 0 aromatic carbocycles. The summed E-state index contributed by atoms with van der Waals surface area (Å²) in [4.78, 5) is 12.8. The van der Waals surface area contributed by atoms with Crippen molar-refractivity contribution in [2.24, 2.45) is 56.7 Å². The highest BCUT2D eigenvalue weighted by molar-refractivity contribution is 5.76. The Bertz CT molecular complexity index is 861. The molecule has 3 heteroatoms. The monoisotopic (exact) mass is 456 g/mol. The molecule has 5 aliphatic carbocycles. The number of allylic oxidation sites excluding steroid dienone is 1. The molecule has 0 saturated heterocycles. The number of carboxylic acids is 1. The van der Waals surface area contributed by atoms with E-state index in [1.165, 1.54) is 31.3 Å². The number of hydrogen-bond acceptors (Lipinski definition) is 2. The van der Waals surface area contributed by atoms with Crippen molar-refractivity contribution in [3.05, 3.63) is 12.2 Å². The zero-order valence-electron chi connectivity index (χ0n) is 22.0. The Morgan fingerprint density at radius 3 is 2.15 bits per heavy atom. The minimum absolute atomic E-state index is 0.0202. The first-order valence-corrected chi connectivity index (χ1v) is 13.8. The van der Waals surface area contributed by atoms with Crippen LogP contribution in [0, 0.1) is 56.7 Å². The highest BCUT2D eigenvalue weighted by Crippen LogP contribution is 2.77. The first-order valence-electron chi connectivity index (χ1n) is 13.8. The second kappa shape index (κ2) is 7.11. The number of carboxylic acid groups (broad SMARTS) is 1. The smallest absolute Gasteiger partial charge is 0.309 e. The van der Waals surface area contributed by atoms with Crippen LogP contribution in [-0.2, 0) is 4.79 Å². The van der Waals surface area contributed by atoms with E-state index in [1.54, 1.807) is 0 Å². The van der Waals surface area contributed by atoms with Crippen molar-refractivity contribution in [2.45, 2.75) is 112 Å². The van der Waals surface area contributed by atoms with E-state index < -0.39 is 11.4 Å². The third-order valence-electron chi connectivity index (χ3n) is 13.5. The molecule has 186 valence electrons. The van der Waals surface area contributed by atoms with Crippen molar-refractivity contribution < 1.29 is 15.0 Å². The Balaban J connectivity index is 1.57. The van der Waals surface area contributed by atoms with Gasteiger partial charge in [0.25, 0.3) is 0 Å². The van der Waals surface area contributed by atoms with Crippen LogP contribution in [0.1, 0.15) is 106 Å². The maximum absolute atomic E-state index is 12.8. The summed E-state index contributed by atoms with van der Waals surface area (Å²) >= 11 is 0. The number of carbonyl (C=O) groups is 1. The molecule has 0 amide bonds. The molecule has 0 unspecified atom stereocenters. The van der Waals surface area contributed by atoms with Gasteiger partial charge in [-0.25, -0.2) is 0 Å². The third-order valence-corrected chi connectivity index (χ3v) is 13.5. The lowest BCUT2D eigenvalue weighted by Crippen LogP contribution is -2.67. The SMILES string of the molecule is C=C(C)[C@@H]1CC[C@]2(C(=O)O)CC[C@]3(C)[C@H](CC[C@@H]4[C@@]5(C)CC[C@@H](O)C(C)(C)[C@@H]5CC[C@]43C)[C@H]12. The number of aliphatic hydroxyl groups excluding tert-OH is 1. The second-order valence-corrected chi connectivity index (χ2v) is 14.5. The molecule has 0 heterocycles. The van der Waals surface area contributed by atoms with Gasteiger partial charge in [0.2, 0.25) is 0 Å². The summed E-state index contributed by atoms with van der Waals surface area (Å²) in [5.74, 6) is 1.79. The van der Waals surface area contributed by atoms with Crippen molar-refractivity contribution in [3.63, 3.8) is 0 Å². The molecule has 0 radical (unpaired) electrons. The Morgan fingerprint density at radius 1 is 0.818 bits per heavy atom. The van der Waals surface area contributed by atoms with Gasteiger partial charge in [0.15, 0.2) is 0 Å². The molecule has 5 fully saturated rings. The van der Waals surface area contributed by atoms with Gasteiger partial charge in [0.05, 0.1) is 11.5 Å². The summed E-state index contributed by atoms with van der Waals surface area (Å²) in [5, 5.41) is 21.4. The van der Waals surface area contributed by atoms with Gasteiger partial charge in [0.1, 0.15) is 0 Å². The maximum atomic E-state index is 12.8. The fourth-order valence-electron chi connectivity index (χ4n) is 11.5. The predicted molar refractivity (Wildman–Crippen MR) is 133 cm³/mol. The van der Waals surface area contributed by atoms with Crippen LogP contribution < -0.4 is 0 Å². The van der Waals surface area contributed by atoms with Gasteiger partial charge in [-0.2, -0.15) is 0 Å². The minimum Gasteiger partial charge on any atom is -0.481 e. The van der Waals surface area contributed by atoms with Crippen molar-refractivity contribution in [1.29, 1.82) is 0 Å². The van der Waals surface area contributed by atoms with E-state index in [0.29, 0.717) is 23.7 Å². The van der Waals surface area contributed by atoms with E-state index >= 15 is 0 Å². The minimum atomic E-state index is -0.538. The van der Waals surface area contributed by atoms with Gasteiger partial charge in [-0.1, -0.05) is 46.8 Å². The van der Waals surface area contributed by atoms with Gasteiger partial charge in [-0.05, 0) is 122 Å². The fourth-order valence-corrected chi connectivity index (χ4v) is 11.5. The molecule has 5 saturated carbocycles. The van der Waals surface area contributed by atoms with Gasteiger partial charge >= 0.3 is 5.97 Å². The molecule has 0 aromatic heterocycles. The summed E-state index contributed by atoms with van der Waals surface area (Å²) in [5.41, 5.74) is 1.35. The van der Waals surface area contributed by atoms with Crippen LogP contribution in [0.5, 0.6) is 0 Å². The normalized spacial score (nSPS) is 55.0. The van der Waals surface area contributed by atoms with Crippen LogP contribution in [-0.4, -0.2) is 22.3 Å². The van der Waals surface area contributed by atoms with Crippen LogP contribution in [0.3, 0.4) is 0 Å². The number of aliphatic carboxylic acids is 1. The molecule has 0 bridgehead atoms. The van der Waals surface area contributed by atoms with Gasteiger partial charge < -0.3 is 10.2 Å². The van der Waals surface area contributed by atoms with Crippen LogP contribution in [0.2, 0.25) is 0 Å². The Labute approximate surface area is 201 Å². The van der Waals surface area contributed by atoms with E-state index in [-0.39, 0.29) is 33.7 Å². The molecule has 0 spiro atoms. The zero-order valence-corrected chi connectivity index (χ0v) is 22.0. The molecule has 0 aliphatic heterocycles. The lowest BCUT2D eigenvalue weighted by molar-refractivity contribution is -0.248. The average Bonchev–Trinajstić information content (AvgIpc) is 3.13. The standard InChI is InChI=1S/C30H48O3/c1-18(2)19-10-15-30(25(32)33)17-16-28(6)20(24(19)30)8-9-22-27(5)13-12-23(31)26(3,4)21(27)11-14-29(22,28)7/h19-24,31H,1,8-17H2,2-7H3,(H,32,33)/t19-,20+,21-,22+,23+,24-,27-,28+,29+,30-/m0/s1. The van der Waals surface area contributed by atoms with Crippen LogP contribution in [0.4, 0.5) is 0 Å². The van der Waals surface area contributed by atoms with Crippen LogP contribution >= 0.6 is 0 Å². The highest BCUT2D eigenvalue weighted by Gasteiger charge is 2.71. The highest BCUT2D eigenvalue weighted by atomic mass is 16.4. The van der Waals surface area contributed by atoms with Crippen molar-refractivity contribution in [2.75, 3.05) is 0 Å². The summed E-state index contributed by atoms with van der Waals surface area (Å²) < 4.78 is 0. The van der Waals surface area contributed by atoms with E-state index in [0.717, 1.165) is 38.5 Å². The number of fused-ring (bicyclic) bond motifs is 7. The molecular formula is C30H48O3. The van der Waals surface area contributed by atoms with Crippen LogP contribution in [0.15, 0.2) is 12.2 Å². The van der Waals surface area contributed by atoms with E-state index in [4.69, 9.17) is 0 Å². The summed E-state index contributed by atoms with van der Waals surface area (Å²) in [7, 11) is 0. The van der Waals surface area contributed by atoms with E-state index in [1.807, 2.05) is 0 Å². The predicted octanol–water partition coefficient (Wildman–Crippen LogP) is 7.09. The van der Waals surface area contributed by atoms with E-state index in [2.05, 4.69) is 48.1 Å². The zero-order chi connectivity index (χ0) is 24.2. The number of aliphatic hydroxyl groups is 1. The Morgan fingerprint density at radius 2 is 1.52 bits per heavy atom. The Kier molecular flexibility index (Phi) is 5.15. The Hall–Kier alpha value is -0.830. The molecule has 33 heavy (non-hydrogen) atoms. The topological polar surface area (TPSA) is 57.5 Å². The molecule has 0 aromatic rings. The fraction of sp³-hybridized carbons (Fsp3) is 0.900. The van der Waals surface area contributed by atoms with Crippen molar-refractivity contribution >= 4 is 5.97 Å². The second-order valence-electron chi connectivity index (χ2n) is 14.5. The lowest BCUT2D eigenvalue weighted by atomic mass is 9.32. The van der Waals surface area contributed by atoms with Gasteiger partial charge in [-0.15, -0.1) is 0 Å². The third kappa shape index (κ3) is 2.75. The first kappa shape index (κ1) is 23.9. The lowest BCUT2D eigenvalue weighted by Gasteiger charge is -2.72. The average molecular weight is 457 g/mol. The molecular weight excluding hydrogens is 408 g/mol. The molecule has 5 rings (SSSR count). The summed E-state index contributed by atoms with van der Waals surface area (Å²) in [6, 6.07) is 0. The molecule has 10 atom stereocenters. The summed E-state index contributed by atoms with van der Waals surface area (Å²) in [6.45, 7) is 18.8. The summed E-state index contributed by atoms with van der Waals surface area (Å²) in [6.07, 6.45) is 10.5. The molecule has 2 N–H and O–H groups in total. The largest absolute Gasteiger partial charge is 0.481 e. The molecule has 3 nitrogen and oxygen atoms in total. The number of rotatable bonds is 2. The first-order chi connectivity index (χ1) is 15.3. The van der Waals surface area contributed by atoms with Crippen molar-refractivity contribution in [1.82, 2.24) is 0 Å². The van der Waals surface area contributed by atoms with E-state index in [9.17, 15) is 15.0 Å². The van der Waals surface area contributed by atoms with Crippen LogP contribution in [0.25, 0.3) is 0 Å². The molecule has 5 aliphatic rings. The van der Waals surface area contributed by atoms with Gasteiger partial charge in [0, 0.05) is 0 Å². The van der Waals surface area contributed by atoms with Crippen molar-refractivity contribution in [3.8, 4) is 0 Å². The number of hydrogen-bond donors (Lipinski definition) is 2. The quantitative estimate of drug-likeness (QED) is 0.436. The maximum Gasteiger partial charge on any atom is 0.309 e. The van der Waals surface area contributed by atoms with Gasteiger partial charge in [-0.3, -0.25) is 4.79 Å².